The van der Waals surface area contributed by atoms with Gasteiger partial charge in [-0.2, -0.15) is 0 Å². The summed E-state index contributed by atoms with van der Waals surface area (Å²) >= 11 is 0. The number of nitrogens with one attached hydrogen (secondary N) is 1. The lowest BCUT2D eigenvalue weighted by molar-refractivity contribution is -0.125. The highest BCUT2D eigenvalue weighted by Gasteiger charge is 2.16. The van der Waals surface area contributed by atoms with Gasteiger partial charge in [0.2, 0.25) is 5.91 Å². The summed E-state index contributed by atoms with van der Waals surface area (Å²) in [6.07, 6.45) is 0. The average Bonchev–Trinajstić information content (AvgIpc) is 2.35. The molecule has 1 aromatic rings. The Labute approximate surface area is 106 Å². The smallest absolute Gasteiger partial charge is 0.328 e. The first-order chi connectivity index (χ1) is 8.58. The monoisotopic (exact) mass is 251 g/mol. The van der Waals surface area contributed by atoms with E-state index in [4.69, 9.17) is 10.5 Å². The molecule has 0 saturated heterocycles. The van der Waals surface area contributed by atoms with E-state index in [2.05, 4.69) is 5.32 Å². The van der Waals surface area contributed by atoms with E-state index in [0.717, 1.165) is 4.90 Å². The van der Waals surface area contributed by atoms with E-state index in [0.29, 0.717) is 11.4 Å². The maximum Gasteiger partial charge on any atom is 0.328 e. The van der Waals surface area contributed by atoms with Gasteiger partial charge in [-0.3, -0.25) is 9.69 Å². The second-order valence-electron chi connectivity index (χ2n) is 3.62. The predicted octanol–water partition coefficient (Wildman–Crippen LogP) is 1.03. The molecule has 0 atom stereocenters. The quantitative estimate of drug-likeness (QED) is 0.837. The molecule has 0 radical (unpaired) electrons. The van der Waals surface area contributed by atoms with Crippen LogP contribution in [0.15, 0.2) is 24.3 Å². The van der Waals surface area contributed by atoms with Gasteiger partial charge in [0.1, 0.15) is 5.75 Å². The van der Waals surface area contributed by atoms with Crippen LogP contribution in [0.1, 0.15) is 6.92 Å². The first kappa shape index (κ1) is 14.0. The number of nitrogens with two attached hydrogens (primary N) is 1. The maximum atomic E-state index is 11.8. The molecule has 6 heteroatoms. The van der Waals surface area contributed by atoms with Crippen molar-refractivity contribution >= 4 is 17.6 Å². The van der Waals surface area contributed by atoms with Crippen LogP contribution < -0.4 is 15.8 Å². The van der Waals surface area contributed by atoms with Crippen molar-refractivity contribution in [3.63, 3.8) is 0 Å². The Morgan fingerprint density at radius 3 is 2.72 bits per heavy atom. The van der Waals surface area contributed by atoms with Crippen LogP contribution in [-0.4, -0.2) is 37.0 Å². The number of methoxy groups -OCH3 is 1. The predicted molar refractivity (Wildman–Crippen MR) is 68.5 cm³/mol. The second-order valence-corrected chi connectivity index (χ2v) is 3.62. The molecule has 1 aromatic carbocycles. The first-order valence-corrected chi connectivity index (χ1v) is 5.51. The normalized spacial score (nSPS) is 9.72. The molecule has 3 amide bonds. The largest absolute Gasteiger partial charge is 0.497 e. The average molecular weight is 251 g/mol. The maximum absolute atomic E-state index is 11.8. The van der Waals surface area contributed by atoms with Crippen LogP contribution in [0.2, 0.25) is 0 Å². The molecule has 0 heterocycles. The van der Waals surface area contributed by atoms with E-state index < -0.39 is 6.03 Å². The molecule has 0 saturated carbocycles. The van der Waals surface area contributed by atoms with Crippen LogP contribution >= 0.6 is 0 Å². The van der Waals surface area contributed by atoms with Gasteiger partial charge in [-0.15, -0.1) is 0 Å². The summed E-state index contributed by atoms with van der Waals surface area (Å²) < 4.78 is 5.04. The van der Waals surface area contributed by atoms with Crippen molar-refractivity contribution in [2.45, 2.75) is 6.92 Å². The number of anilines is 1. The highest BCUT2D eigenvalue weighted by atomic mass is 16.5. The van der Waals surface area contributed by atoms with Gasteiger partial charge < -0.3 is 15.8 Å². The lowest BCUT2D eigenvalue weighted by atomic mass is 10.3. The third kappa shape index (κ3) is 3.74. The van der Waals surface area contributed by atoms with E-state index in [-0.39, 0.29) is 19.0 Å². The SMILES string of the molecule is COc1cccc(NC(=O)N(CCN)C(C)=O)c1. The van der Waals surface area contributed by atoms with Crippen LogP contribution in [-0.2, 0) is 4.79 Å². The fourth-order valence-electron chi connectivity index (χ4n) is 1.42. The Morgan fingerprint density at radius 1 is 1.44 bits per heavy atom. The van der Waals surface area contributed by atoms with Crippen LogP contribution in [0.25, 0.3) is 0 Å². The lowest BCUT2D eigenvalue weighted by Gasteiger charge is -2.18. The molecule has 6 nitrogen and oxygen atoms in total. The Morgan fingerprint density at radius 2 is 2.17 bits per heavy atom. The van der Waals surface area contributed by atoms with Crippen molar-refractivity contribution in [1.29, 1.82) is 0 Å². The van der Waals surface area contributed by atoms with Crippen molar-refractivity contribution in [1.82, 2.24) is 4.90 Å². The zero-order valence-corrected chi connectivity index (χ0v) is 10.5. The third-order valence-corrected chi connectivity index (χ3v) is 2.30. The summed E-state index contributed by atoms with van der Waals surface area (Å²) in [6, 6.07) is 6.38. The highest BCUT2D eigenvalue weighted by molar-refractivity contribution is 6.00. The first-order valence-electron chi connectivity index (χ1n) is 5.51. The number of hydrogen-bond acceptors (Lipinski definition) is 4. The third-order valence-electron chi connectivity index (χ3n) is 2.30. The summed E-state index contributed by atoms with van der Waals surface area (Å²) in [5.74, 6) is 0.279. The summed E-state index contributed by atoms with van der Waals surface area (Å²) in [4.78, 5) is 24.2. The van der Waals surface area contributed by atoms with Gasteiger partial charge in [0.05, 0.1) is 7.11 Å². The standard InChI is InChI=1S/C12H17N3O3/c1-9(16)15(7-6-13)12(17)14-10-4-3-5-11(8-10)18-2/h3-5,8H,6-7,13H2,1-2H3,(H,14,17). The number of rotatable bonds is 4. The molecule has 0 unspecified atom stereocenters. The number of ether oxygens (including phenoxy) is 1. The van der Waals surface area contributed by atoms with Crippen LogP contribution in [0.3, 0.4) is 0 Å². The van der Waals surface area contributed by atoms with Gasteiger partial charge in [-0.05, 0) is 12.1 Å². The van der Waals surface area contributed by atoms with Gasteiger partial charge in [0.15, 0.2) is 0 Å². The van der Waals surface area contributed by atoms with Gasteiger partial charge in [0.25, 0.3) is 0 Å². The minimum Gasteiger partial charge on any atom is -0.497 e. The zero-order chi connectivity index (χ0) is 13.5. The number of carbonyl (C=O) groups excluding carboxylic acids is 2. The molecule has 0 aliphatic rings. The Kier molecular flexibility index (Phi) is 5.13. The Hall–Kier alpha value is -2.08. The van der Waals surface area contributed by atoms with Crippen molar-refractivity contribution in [3.8, 4) is 5.75 Å². The number of amides is 3. The minimum atomic E-state index is -0.499. The lowest BCUT2D eigenvalue weighted by Crippen LogP contribution is -2.41. The van der Waals surface area contributed by atoms with Crippen LogP contribution in [0.5, 0.6) is 5.75 Å². The number of nitrogens with zero attached hydrogens (tertiary/aromatic N) is 1. The molecule has 0 aliphatic heterocycles. The molecule has 3 N–H and O–H groups in total. The molecule has 0 fully saturated rings. The fourth-order valence-corrected chi connectivity index (χ4v) is 1.42. The van der Waals surface area contributed by atoms with E-state index in [1.165, 1.54) is 14.0 Å². The number of hydrogen-bond donors (Lipinski definition) is 2. The Bertz CT molecular complexity index is 434. The van der Waals surface area contributed by atoms with Crippen LogP contribution in [0.4, 0.5) is 10.5 Å². The fraction of sp³-hybridized carbons (Fsp3) is 0.333. The van der Waals surface area contributed by atoms with Crippen LogP contribution in [0, 0.1) is 0 Å². The van der Waals surface area contributed by atoms with E-state index in [1.807, 2.05) is 0 Å². The minimum absolute atomic E-state index is 0.186. The summed E-state index contributed by atoms with van der Waals surface area (Å²) in [6.45, 7) is 1.73. The highest BCUT2D eigenvalue weighted by Crippen LogP contribution is 2.17. The number of imide groups is 1. The molecular weight excluding hydrogens is 234 g/mol. The van der Waals surface area contributed by atoms with Crippen molar-refractivity contribution in [3.05, 3.63) is 24.3 Å². The van der Waals surface area contributed by atoms with E-state index in [9.17, 15) is 9.59 Å². The Balaban J connectivity index is 2.75. The number of benzene rings is 1. The van der Waals surface area contributed by atoms with Gasteiger partial charge in [-0.1, -0.05) is 6.07 Å². The molecule has 0 spiro atoms. The molecule has 18 heavy (non-hydrogen) atoms. The molecule has 0 aromatic heterocycles. The van der Waals surface area contributed by atoms with Gasteiger partial charge >= 0.3 is 6.03 Å². The topological polar surface area (TPSA) is 84.7 Å². The summed E-state index contributed by atoms with van der Waals surface area (Å²) in [5.41, 5.74) is 5.91. The molecular formula is C12H17N3O3. The molecule has 0 bridgehead atoms. The molecule has 98 valence electrons. The number of carbonyl (C=O) groups is 2. The van der Waals surface area contributed by atoms with Gasteiger partial charge in [0, 0.05) is 31.8 Å². The van der Waals surface area contributed by atoms with Gasteiger partial charge in [-0.25, -0.2) is 4.79 Å². The summed E-state index contributed by atoms with van der Waals surface area (Å²) in [5, 5.41) is 2.61. The summed E-state index contributed by atoms with van der Waals surface area (Å²) in [7, 11) is 1.54. The van der Waals surface area contributed by atoms with Crippen molar-refractivity contribution in [2.24, 2.45) is 5.73 Å². The molecule has 1 rings (SSSR count). The number of urea groups is 1. The van der Waals surface area contributed by atoms with E-state index >= 15 is 0 Å². The van der Waals surface area contributed by atoms with E-state index in [1.54, 1.807) is 24.3 Å². The second kappa shape index (κ2) is 6.61. The zero-order valence-electron chi connectivity index (χ0n) is 10.5. The van der Waals surface area contributed by atoms with Crippen molar-refractivity contribution < 1.29 is 14.3 Å². The van der Waals surface area contributed by atoms with Crippen molar-refractivity contribution in [2.75, 3.05) is 25.5 Å². The molecule has 0 aliphatic carbocycles.